The molecule has 1 aromatic rings. The number of aryl methyl sites for hydroxylation is 1. The van der Waals surface area contributed by atoms with E-state index in [1.165, 1.54) is 4.90 Å². The van der Waals surface area contributed by atoms with Crippen LogP contribution in [0.15, 0.2) is 18.2 Å². The zero-order valence-electron chi connectivity index (χ0n) is 11.3. The summed E-state index contributed by atoms with van der Waals surface area (Å²) in [6, 6.07) is 5.31. The molecule has 0 spiro atoms. The fourth-order valence-corrected chi connectivity index (χ4v) is 2.11. The first-order chi connectivity index (χ1) is 9.60. The third kappa shape index (κ3) is 3.37. The minimum absolute atomic E-state index is 0.0877. The molecule has 0 saturated carbocycles. The second kappa shape index (κ2) is 6.22. The van der Waals surface area contributed by atoms with Gasteiger partial charge in [0.05, 0.1) is 6.54 Å². The van der Waals surface area contributed by atoms with E-state index in [4.69, 9.17) is 5.11 Å². The molecule has 5 heteroatoms. The summed E-state index contributed by atoms with van der Waals surface area (Å²) in [7, 11) is 0. The van der Waals surface area contributed by atoms with Gasteiger partial charge in [-0.3, -0.25) is 9.59 Å². The molecule has 0 radical (unpaired) electrons. The van der Waals surface area contributed by atoms with E-state index in [2.05, 4.69) is 17.2 Å². The number of amides is 2. The predicted molar refractivity (Wildman–Crippen MR) is 74.1 cm³/mol. The van der Waals surface area contributed by atoms with E-state index in [0.717, 1.165) is 5.56 Å². The summed E-state index contributed by atoms with van der Waals surface area (Å²) in [5.74, 6) is 5.04. The number of benzene rings is 1. The first-order valence-electron chi connectivity index (χ1n) is 6.37. The Kier molecular flexibility index (Phi) is 4.38. The van der Waals surface area contributed by atoms with Gasteiger partial charge in [-0.2, -0.15) is 0 Å². The molecule has 5 nitrogen and oxygen atoms in total. The van der Waals surface area contributed by atoms with Gasteiger partial charge >= 0.3 is 0 Å². The smallest absolute Gasteiger partial charge is 0.254 e. The SMILES string of the molecule is Cc1cc(C#CCO)cc(C(=O)N2CCNC(=O)C2)c1. The van der Waals surface area contributed by atoms with E-state index in [-0.39, 0.29) is 25.0 Å². The molecule has 0 aromatic heterocycles. The largest absolute Gasteiger partial charge is 0.384 e. The van der Waals surface area contributed by atoms with Crippen molar-refractivity contribution >= 4 is 11.8 Å². The minimum Gasteiger partial charge on any atom is -0.384 e. The molecule has 0 unspecified atom stereocenters. The highest BCUT2D eigenvalue weighted by molar-refractivity contribution is 5.97. The van der Waals surface area contributed by atoms with E-state index in [1.54, 1.807) is 12.1 Å². The predicted octanol–water partition coefficient (Wildman–Crippen LogP) is -0.0892. The van der Waals surface area contributed by atoms with Gasteiger partial charge in [-0.15, -0.1) is 0 Å². The third-order valence-corrected chi connectivity index (χ3v) is 2.96. The third-order valence-electron chi connectivity index (χ3n) is 2.96. The quantitative estimate of drug-likeness (QED) is 0.702. The zero-order chi connectivity index (χ0) is 14.5. The fraction of sp³-hybridized carbons (Fsp3) is 0.333. The molecule has 20 heavy (non-hydrogen) atoms. The number of nitrogens with one attached hydrogen (secondary N) is 1. The van der Waals surface area contributed by atoms with Crippen molar-refractivity contribution in [1.82, 2.24) is 10.2 Å². The molecule has 2 N–H and O–H groups in total. The zero-order valence-corrected chi connectivity index (χ0v) is 11.3. The van der Waals surface area contributed by atoms with Crippen molar-refractivity contribution in [2.45, 2.75) is 6.92 Å². The average molecular weight is 272 g/mol. The number of nitrogens with zero attached hydrogens (tertiary/aromatic N) is 1. The molecular formula is C15H16N2O3. The first kappa shape index (κ1) is 14.1. The summed E-state index contributed by atoms with van der Waals surface area (Å²) in [5.41, 5.74) is 2.12. The lowest BCUT2D eigenvalue weighted by Crippen LogP contribution is -2.50. The van der Waals surface area contributed by atoms with Gasteiger partial charge < -0.3 is 15.3 Å². The van der Waals surface area contributed by atoms with Crippen LogP contribution in [-0.4, -0.2) is 48.1 Å². The minimum atomic E-state index is -0.219. The molecule has 1 saturated heterocycles. The lowest BCUT2D eigenvalue weighted by Gasteiger charge is -2.26. The molecule has 1 aliphatic rings. The number of piperazine rings is 1. The molecule has 1 heterocycles. The van der Waals surface area contributed by atoms with Crippen molar-refractivity contribution < 1.29 is 14.7 Å². The van der Waals surface area contributed by atoms with E-state index in [0.29, 0.717) is 24.2 Å². The summed E-state index contributed by atoms with van der Waals surface area (Å²) in [4.78, 5) is 25.2. The Balaban J connectivity index is 2.25. The highest BCUT2D eigenvalue weighted by Gasteiger charge is 2.22. The molecule has 0 aliphatic carbocycles. The number of carbonyl (C=O) groups is 2. The number of aliphatic hydroxyl groups excluding tert-OH is 1. The lowest BCUT2D eigenvalue weighted by atomic mass is 10.1. The average Bonchev–Trinajstić information content (AvgIpc) is 2.43. The van der Waals surface area contributed by atoms with Gasteiger partial charge in [-0.25, -0.2) is 0 Å². The summed E-state index contributed by atoms with van der Waals surface area (Å²) >= 11 is 0. The number of aliphatic hydroxyl groups is 1. The molecule has 0 bridgehead atoms. The summed E-state index contributed by atoms with van der Waals surface area (Å²) in [5, 5.41) is 11.4. The topological polar surface area (TPSA) is 69.6 Å². The number of hydrogen-bond acceptors (Lipinski definition) is 3. The Morgan fingerprint density at radius 3 is 2.95 bits per heavy atom. The van der Waals surface area contributed by atoms with Gasteiger partial charge in [0, 0.05) is 24.2 Å². The van der Waals surface area contributed by atoms with E-state index >= 15 is 0 Å². The molecular weight excluding hydrogens is 256 g/mol. The lowest BCUT2D eigenvalue weighted by molar-refractivity contribution is -0.123. The van der Waals surface area contributed by atoms with Crippen LogP contribution in [0.3, 0.4) is 0 Å². The summed E-state index contributed by atoms with van der Waals surface area (Å²) in [6.45, 7) is 2.74. The van der Waals surface area contributed by atoms with Gasteiger partial charge in [0.15, 0.2) is 0 Å². The molecule has 0 atom stereocenters. The first-order valence-corrected chi connectivity index (χ1v) is 6.37. The van der Waals surface area contributed by atoms with Crippen LogP contribution in [0.1, 0.15) is 21.5 Å². The Morgan fingerprint density at radius 1 is 1.45 bits per heavy atom. The van der Waals surface area contributed by atoms with Crippen LogP contribution >= 0.6 is 0 Å². The van der Waals surface area contributed by atoms with Crippen molar-refractivity contribution in [2.24, 2.45) is 0 Å². The fourth-order valence-electron chi connectivity index (χ4n) is 2.11. The van der Waals surface area contributed by atoms with E-state index in [1.807, 2.05) is 13.0 Å². The van der Waals surface area contributed by atoms with Gasteiger partial charge in [0.2, 0.25) is 5.91 Å². The summed E-state index contributed by atoms with van der Waals surface area (Å²) in [6.07, 6.45) is 0. The van der Waals surface area contributed by atoms with E-state index < -0.39 is 0 Å². The standard InChI is InChI=1S/C15H16N2O3/c1-11-7-12(3-2-6-18)9-13(8-11)15(20)17-5-4-16-14(19)10-17/h7-9,18H,4-6,10H2,1H3,(H,16,19). The van der Waals surface area contributed by atoms with Crippen LogP contribution in [0.2, 0.25) is 0 Å². The molecule has 1 aromatic carbocycles. The van der Waals surface area contributed by atoms with Gasteiger partial charge in [0.1, 0.15) is 6.61 Å². The maximum absolute atomic E-state index is 12.4. The van der Waals surface area contributed by atoms with Gasteiger partial charge in [-0.05, 0) is 30.7 Å². The molecule has 1 fully saturated rings. The summed E-state index contributed by atoms with van der Waals surface area (Å²) < 4.78 is 0. The number of hydrogen-bond donors (Lipinski definition) is 2. The Labute approximate surface area is 117 Å². The molecule has 2 amide bonds. The van der Waals surface area contributed by atoms with Crippen LogP contribution in [0.25, 0.3) is 0 Å². The second-order valence-electron chi connectivity index (χ2n) is 4.62. The Morgan fingerprint density at radius 2 is 2.25 bits per heavy atom. The van der Waals surface area contributed by atoms with Crippen LogP contribution in [0, 0.1) is 18.8 Å². The van der Waals surface area contributed by atoms with Gasteiger partial charge in [-0.1, -0.05) is 11.8 Å². The van der Waals surface area contributed by atoms with Crippen molar-refractivity contribution in [1.29, 1.82) is 0 Å². The van der Waals surface area contributed by atoms with E-state index in [9.17, 15) is 9.59 Å². The molecule has 104 valence electrons. The monoisotopic (exact) mass is 272 g/mol. The second-order valence-corrected chi connectivity index (χ2v) is 4.62. The van der Waals surface area contributed by atoms with Crippen molar-refractivity contribution in [2.75, 3.05) is 26.2 Å². The number of carbonyl (C=O) groups excluding carboxylic acids is 2. The molecule has 1 aliphatic heterocycles. The Hall–Kier alpha value is -2.32. The van der Waals surface area contributed by atoms with Crippen LogP contribution in [-0.2, 0) is 4.79 Å². The van der Waals surface area contributed by atoms with Crippen molar-refractivity contribution in [3.05, 3.63) is 34.9 Å². The van der Waals surface area contributed by atoms with Gasteiger partial charge in [0.25, 0.3) is 5.91 Å². The number of rotatable bonds is 1. The van der Waals surface area contributed by atoms with Crippen LogP contribution < -0.4 is 5.32 Å². The Bertz CT molecular complexity index is 599. The van der Waals surface area contributed by atoms with Crippen LogP contribution in [0.5, 0.6) is 0 Å². The highest BCUT2D eigenvalue weighted by Crippen LogP contribution is 2.12. The van der Waals surface area contributed by atoms with Crippen LogP contribution in [0.4, 0.5) is 0 Å². The maximum atomic E-state index is 12.4. The highest BCUT2D eigenvalue weighted by atomic mass is 16.2. The maximum Gasteiger partial charge on any atom is 0.254 e. The normalized spacial score (nSPS) is 14.3. The molecule has 2 rings (SSSR count). The van der Waals surface area contributed by atoms with Crippen molar-refractivity contribution in [3.63, 3.8) is 0 Å². The van der Waals surface area contributed by atoms with Crippen molar-refractivity contribution in [3.8, 4) is 11.8 Å².